The minimum atomic E-state index is -0.325. The van der Waals surface area contributed by atoms with Gasteiger partial charge in [-0.15, -0.1) is 0 Å². The molecule has 0 atom stereocenters. The van der Waals surface area contributed by atoms with Crippen LogP contribution in [0.1, 0.15) is 10.4 Å². The third kappa shape index (κ3) is 4.21. The van der Waals surface area contributed by atoms with Crippen LogP contribution in [0, 0.1) is 0 Å². The molecule has 20 heavy (non-hydrogen) atoms. The molecule has 0 spiro atoms. The minimum Gasteiger partial charge on any atom is -0.492 e. The third-order valence-corrected chi connectivity index (χ3v) is 3.55. The maximum absolute atomic E-state index is 11.3. The van der Waals surface area contributed by atoms with Gasteiger partial charge in [0.1, 0.15) is 12.4 Å². The fourth-order valence-corrected chi connectivity index (χ4v) is 2.17. The lowest BCUT2D eigenvalue weighted by molar-refractivity contribution is 0.0600. The van der Waals surface area contributed by atoms with Gasteiger partial charge in [0.2, 0.25) is 0 Å². The van der Waals surface area contributed by atoms with Crippen molar-refractivity contribution >= 4 is 5.97 Å². The molecule has 1 aliphatic rings. The van der Waals surface area contributed by atoms with Gasteiger partial charge in [-0.2, -0.15) is 0 Å². The highest BCUT2D eigenvalue weighted by Crippen LogP contribution is 2.13. The molecule has 5 nitrogen and oxygen atoms in total. The van der Waals surface area contributed by atoms with Crippen molar-refractivity contribution in [2.45, 2.75) is 0 Å². The summed E-state index contributed by atoms with van der Waals surface area (Å²) in [5, 5.41) is 0. The molecule has 1 aromatic rings. The predicted molar refractivity (Wildman–Crippen MR) is 77.2 cm³/mol. The molecule has 0 saturated carbocycles. The second kappa shape index (κ2) is 7.26. The van der Waals surface area contributed by atoms with E-state index in [1.54, 1.807) is 24.3 Å². The van der Waals surface area contributed by atoms with E-state index in [2.05, 4.69) is 21.6 Å². The number of piperazine rings is 1. The lowest BCUT2D eigenvalue weighted by Gasteiger charge is -2.32. The van der Waals surface area contributed by atoms with E-state index in [1.165, 1.54) is 7.11 Å². The first-order valence-electron chi connectivity index (χ1n) is 6.91. The van der Waals surface area contributed by atoms with E-state index in [-0.39, 0.29) is 5.97 Å². The van der Waals surface area contributed by atoms with Crippen LogP contribution in [-0.4, -0.2) is 69.3 Å². The highest BCUT2D eigenvalue weighted by molar-refractivity contribution is 5.89. The normalized spacial score (nSPS) is 16.9. The Morgan fingerprint density at radius 1 is 1.15 bits per heavy atom. The molecule has 110 valence electrons. The highest BCUT2D eigenvalue weighted by Gasteiger charge is 2.13. The zero-order valence-corrected chi connectivity index (χ0v) is 12.2. The molecule has 0 radical (unpaired) electrons. The van der Waals surface area contributed by atoms with Crippen LogP contribution in [0.25, 0.3) is 0 Å². The molecule has 1 aromatic carbocycles. The molecular formula is C15H22N2O3. The van der Waals surface area contributed by atoms with Crippen LogP contribution in [0.2, 0.25) is 0 Å². The molecule has 0 amide bonds. The van der Waals surface area contributed by atoms with Crippen molar-refractivity contribution in [2.75, 3.05) is 53.5 Å². The molecule has 1 heterocycles. The van der Waals surface area contributed by atoms with Gasteiger partial charge in [-0.25, -0.2) is 4.79 Å². The molecule has 0 unspecified atom stereocenters. The van der Waals surface area contributed by atoms with Gasteiger partial charge >= 0.3 is 5.97 Å². The van der Waals surface area contributed by atoms with Gasteiger partial charge in [0.15, 0.2) is 0 Å². The van der Waals surface area contributed by atoms with Crippen LogP contribution in [0.15, 0.2) is 24.3 Å². The lowest BCUT2D eigenvalue weighted by Crippen LogP contribution is -2.45. The summed E-state index contributed by atoms with van der Waals surface area (Å²) >= 11 is 0. The Hall–Kier alpha value is -1.59. The second-order valence-electron chi connectivity index (χ2n) is 5.01. The molecule has 0 aliphatic carbocycles. The number of esters is 1. The van der Waals surface area contributed by atoms with Gasteiger partial charge in [0.05, 0.1) is 12.7 Å². The van der Waals surface area contributed by atoms with Crippen LogP contribution >= 0.6 is 0 Å². The number of benzene rings is 1. The fourth-order valence-electron chi connectivity index (χ4n) is 2.17. The SMILES string of the molecule is COC(=O)c1ccc(OCCN2CCN(C)CC2)cc1. The predicted octanol–water partition coefficient (Wildman–Crippen LogP) is 1.10. The van der Waals surface area contributed by atoms with E-state index in [9.17, 15) is 4.79 Å². The van der Waals surface area contributed by atoms with E-state index >= 15 is 0 Å². The van der Waals surface area contributed by atoms with E-state index in [1.807, 2.05) is 0 Å². The Labute approximate surface area is 120 Å². The first-order valence-corrected chi connectivity index (χ1v) is 6.91. The number of carbonyl (C=O) groups is 1. The van der Waals surface area contributed by atoms with Gasteiger partial charge in [-0.1, -0.05) is 0 Å². The van der Waals surface area contributed by atoms with Crippen molar-refractivity contribution < 1.29 is 14.3 Å². The number of likely N-dealkylation sites (N-methyl/N-ethyl adjacent to an activating group) is 1. The van der Waals surface area contributed by atoms with E-state index in [4.69, 9.17) is 4.74 Å². The van der Waals surface area contributed by atoms with Crippen molar-refractivity contribution in [3.63, 3.8) is 0 Å². The number of ether oxygens (including phenoxy) is 2. The zero-order valence-electron chi connectivity index (χ0n) is 12.2. The first kappa shape index (κ1) is 14.8. The number of hydrogen-bond acceptors (Lipinski definition) is 5. The van der Waals surface area contributed by atoms with Crippen molar-refractivity contribution in [3.05, 3.63) is 29.8 Å². The average molecular weight is 278 g/mol. The van der Waals surface area contributed by atoms with Gasteiger partial charge in [0, 0.05) is 32.7 Å². The third-order valence-electron chi connectivity index (χ3n) is 3.55. The van der Waals surface area contributed by atoms with Crippen LogP contribution < -0.4 is 4.74 Å². The minimum absolute atomic E-state index is 0.325. The van der Waals surface area contributed by atoms with Crippen molar-refractivity contribution in [3.8, 4) is 5.75 Å². The first-order chi connectivity index (χ1) is 9.69. The Morgan fingerprint density at radius 3 is 2.40 bits per heavy atom. The molecule has 1 saturated heterocycles. The number of carbonyl (C=O) groups excluding carboxylic acids is 1. The molecule has 1 fully saturated rings. The van der Waals surface area contributed by atoms with E-state index < -0.39 is 0 Å². The van der Waals surface area contributed by atoms with Crippen LogP contribution in [0.3, 0.4) is 0 Å². The van der Waals surface area contributed by atoms with E-state index in [0.29, 0.717) is 12.2 Å². The largest absolute Gasteiger partial charge is 0.492 e. The lowest BCUT2D eigenvalue weighted by atomic mass is 10.2. The zero-order chi connectivity index (χ0) is 14.4. The average Bonchev–Trinajstić information content (AvgIpc) is 2.49. The number of nitrogens with zero attached hydrogens (tertiary/aromatic N) is 2. The monoisotopic (exact) mass is 278 g/mol. The molecule has 1 aliphatic heterocycles. The summed E-state index contributed by atoms with van der Waals surface area (Å²) < 4.78 is 10.4. The number of rotatable bonds is 5. The fraction of sp³-hybridized carbons (Fsp3) is 0.533. The second-order valence-corrected chi connectivity index (χ2v) is 5.01. The summed E-state index contributed by atoms with van der Waals surface area (Å²) in [6, 6.07) is 7.04. The number of hydrogen-bond donors (Lipinski definition) is 0. The quantitative estimate of drug-likeness (QED) is 0.755. The molecule has 5 heteroatoms. The summed E-state index contributed by atoms with van der Waals surface area (Å²) in [7, 11) is 3.53. The van der Waals surface area contributed by atoms with Gasteiger partial charge in [-0.3, -0.25) is 4.90 Å². The Balaban J connectivity index is 1.73. The summed E-state index contributed by atoms with van der Waals surface area (Å²) in [5.74, 6) is 0.459. The smallest absolute Gasteiger partial charge is 0.337 e. The summed E-state index contributed by atoms with van der Waals surface area (Å²) in [4.78, 5) is 16.0. The standard InChI is InChI=1S/C15H22N2O3/c1-16-7-9-17(10-8-16)11-12-20-14-5-3-13(4-6-14)15(18)19-2/h3-6H,7-12H2,1-2H3. The van der Waals surface area contributed by atoms with Crippen LogP contribution in [0.5, 0.6) is 5.75 Å². The van der Waals surface area contributed by atoms with Gasteiger partial charge in [-0.05, 0) is 31.3 Å². The van der Waals surface area contributed by atoms with Crippen molar-refractivity contribution in [2.24, 2.45) is 0 Å². The highest BCUT2D eigenvalue weighted by atomic mass is 16.5. The molecular weight excluding hydrogens is 256 g/mol. The summed E-state index contributed by atoms with van der Waals surface area (Å²) in [6.45, 7) is 6.04. The van der Waals surface area contributed by atoms with E-state index in [0.717, 1.165) is 38.5 Å². The molecule has 0 bridgehead atoms. The van der Waals surface area contributed by atoms with Crippen LogP contribution in [0.4, 0.5) is 0 Å². The maximum Gasteiger partial charge on any atom is 0.337 e. The topological polar surface area (TPSA) is 42.0 Å². The Kier molecular flexibility index (Phi) is 5.38. The Morgan fingerprint density at radius 2 is 1.80 bits per heavy atom. The van der Waals surface area contributed by atoms with Gasteiger partial charge in [0.25, 0.3) is 0 Å². The van der Waals surface area contributed by atoms with Gasteiger partial charge < -0.3 is 14.4 Å². The summed E-state index contributed by atoms with van der Waals surface area (Å²) in [6.07, 6.45) is 0. The molecule has 0 N–H and O–H groups in total. The number of methoxy groups -OCH3 is 1. The molecule has 2 rings (SSSR count). The van der Waals surface area contributed by atoms with Crippen molar-refractivity contribution in [1.82, 2.24) is 9.80 Å². The maximum atomic E-state index is 11.3. The van der Waals surface area contributed by atoms with Crippen LogP contribution in [-0.2, 0) is 4.74 Å². The molecule has 0 aromatic heterocycles. The summed E-state index contributed by atoms with van der Waals surface area (Å²) in [5.41, 5.74) is 0.541. The Bertz CT molecular complexity index is 425. The van der Waals surface area contributed by atoms with Crippen molar-refractivity contribution in [1.29, 1.82) is 0 Å².